The van der Waals surface area contributed by atoms with Gasteiger partial charge in [0.15, 0.2) is 0 Å². The van der Waals surface area contributed by atoms with Gasteiger partial charge in [-0.15, -0.1) is 0 Å². The second-order valence-electron chi connectivity index (χ2n) is 5.00. The van der Waals surface area contributed by atoms with Crippen LogP contribution in [0.25, 0.3) is 0 Å². The highest BCUT2D eigenvalue weighted by Crippen LogP contribution is 2.19. The summed E-state index contributed by atoms with van der Waals surface area (Å²) in [6, 6.07) is 7.54. The Bertz CT molecular complexity index is 399. The smallest absolute Gasteiger partial charge is 0.220 e. The number of rotatable bonds is 5. The van der Waals surface area contributed by atoms with Gasteiger partial charge in [-0.2, -0.15) is 0 Å². The Hall–Kier alpha value is -1.06. The van der Waals surface area contributed by atoms with E-state index in [1.54, 1.807) is 0 Å². The highest BCUT2D eigenvalue weighted by molar-refractivity contribution is 6.30. The molecule has 104 valence electrons. The van der Waals surface area contributed by atoms with Crippen LogP contribution in [-0.4, -0.2) is 19.1 Å². The van der Waals surface area contributed by atoms with E-state index in [4.69, 9.17) is 16.3 Å². The van der Waals surface area contributed by atoms with Gasteiger partial charge in [0.1, 0.15) is 0 Å². The van der Waals surface area contributed by atoms with Crippen LogP contribution in [0.3, 0.4) is 0 Å². The number of hydrogen-bond donors (Lipinski definition) is 1. The first-order chi connectivity index (χ1) is 9.24. The van der Waals surface area contributed by atoms with Gasteiger partial charge in [-0.05, 0) is 42.9 Å². The molecular weight excluding hydrogens is 262 g/mol. The fraction of sp³-hybridized carbons (Fsp3) is 0.533. The molecule has 2 rings (SSSR count). The Morgan fingerprint density at radius 2 is 1.95 bits per heavy atom. The van der Waals surface area contributed by atoms with Gasteiger partial charge < -0.3 is 10.1 Å². The Morgan fingerprint density at radius 1 is 1.26 bits per heavy atom. The van der Waals surface area contributed by atoms with Gasteiger partial charge in [-0.3, -0.25) is 4.79 Å². The molecule has 3 nitrogen and oxygen atoms in total. The molecule has 0 atom stereocenters. The summed E-state index contributed by atoms with van der Waals surface area (Å²) in [4.78, 5) is 11.8. The summed E-state index contributed by atoms with van der Waals surface area (Å²) in [5, 5.41) is 3.66. The first-order valence-corrected chi connectivity index (χ1v) is 7.21. The number of halogens is 1. The van der Waals surface area contributed by atoms with Gasteiger partial charge >= 0.3 is 0 Å². The standard InChI is InChI=1S/C15H20ClNO2/c16-14-4-1-13(2-5-14)11-17-15(18)6-3-12-7-9-19-10-8-12/h1-2,4-5,12H,3,6-11H2,(H,17,18). The van der Waals surface area contributed by atoms with Gasteiger partial charge in [-0.25, -0.2) is 0 Å². The summed E-state index contributed by atoms with van der Waals surface area (Å²) >= 11 is 5.81. The maximum absolute atomic E-state index is 11.8. The van der Waals surface area contributed by atoms with Crippen LogP contribution in [-0.2, 0) is 16.1 Å². The Labute approximate surface area is 119 Å². The SMILES string of the molecule is O=C(CCC1CCOCC1)NCc1ccc(Cl)cc1. The number of amides is 1. The van der Waals surface area contributed by atoms with E-state index in [1.807, 2.05) is 24.3 Å². The van der Waals surface area contributed by atoms with Gasteiger partial charge in [-0.1, -0.05) is 23.7 Å². The van der Waals surface area contributed by atoms with Crippen LogP contribution in [0.15, 0.2) is 24.3 Å². The van der Waals surface area contributed by atoms with E-state index in [2.05, 4.69) is 5.32 Å². The third-order valence-electron chi connectivity index (χ3n) is 3.52. The molecule has 0 unspecified atom stereocenters. The van der Waals surface area contributed by atoms with E-state index in [-0.39, 0.29) is 5.91 Å². The Balaban J connectivity index is 1.65. The van der Waals surface area contributed by atoms with Crippen molar-refractivity contribution in [3.63, 3.8) is 0 Å². The number of nitrogens with one attached hydrogen (secondary N) is 1. The fourth-order valence-corrected chi connectivity index (χ4v) is 2.39. The summed E-state index contributed by atoms with van der Waals surface area (Å²) in [7, 11) is 0. The van der Waals surface area contributed by atoms with Gasteiger partial charge in [0, 0.05) is 31.2 Å². The zero-order chi connectivity index (χ0) is 13.5. The minimum Gasteiger partial charge on any atom is -0.381 e. The van der Waals surface area contributed by atoms with Crippen molar-refractivity contribution in [3.8, 4) is 0 Å². The van der Waals surface area contributed by atoms with Crippen LogP contribution in [0.5, 0.6) is 0 Å². The molecule has 0 aliphatic carbocycles. The van der Waals surface area contributed by atoms with E-state index in [0.29, 0.717) is 18.9 Å². The van der Waals surface area contributed by atoms with E-state index in [1.165, 1.54) is 0 Å². The quantitative estimate of drug-likeness (QED) is 0.900. The van der Waals surface area contributed by atoms with Crippen molar-refractivity contribution in [1.82, 2.24) is 5.32 Å². The monoisotopic (exact) mass is 281 g/mol. The normalized spacial score (nSPS) is 16.3. The molecular formula is C15H20ClNO2. The van der Waals surface area contributed by atoms with Crippen molar-refractivity contribution in [3.05, 3.63) is 34.9 Å². The molecule has 1 saturated heterocycles. The number of carbonyl (C=O) groups is 1. The maximum Gasteiger partial charge on any atom is 0.220 e. The van der Waals surface area contributed by atoms with Crippen molar-refractivity contribution in [2.75, 3.05) is 13.2 Å². The van der Waals surface area contributed by atoms with Gasteiger partial charge in [0.2, 0.25) is 5.91 Å². The molecule has 1 aromatic carbocycles. The molecule has 0 radical (unpaired) electrons. The Kier molecular flexibility index (Phi) is 5.67. The Morgan fingerprint density at radius 3 is 2.63 bits per heavy atom. The van der Waals surface area contributed by atoms with Gasteiger partial charge in [0.25, 0.3) is 0 Å². The average Bonchev–Trinajstić information content (AvgIpc) is 2.45. The molecule has 1 fully saturated rings. The van der Waals surface area contributed by atoms with E-state index >= 15 is 0 Å². The molecule has 0 bridgehead atoms. The average molecular weight is 282 g/mol. The molecule has 19 heavy (non-hydrogen) atoms. The molecule has 1 aromatic rings. The molecule has 1 amide bonds. The summed E-state index contributed by atoms with van der Waals surface area (Å²) in [6.07, 6.45) is 3.75. The van der Waals surface area contributed by atoms with Crippen LogP contribution in [0, 0.1) is 5.92 Å². The number of carbonyl (C=O) groups excluding carboxylic acids is 1. The van der Waals surface area contributed by atoms with Crippen LogP contribution in [0.2, 0.25) is 5.02 Å². The third kappa shape index (κ3) is 5.21. The molecule has 1 N–H and O–H groups in total. The minimum atomic E-state index is 0.126. The zero-order valence-corrected chi connectivity index (χ0v) is 11.8. The number of ether oxygens (including phenoxy) is 1. The molecule has 1 heterocycles. The summed E-state index contributed by atoms with van der Waals surface area (Å²) in [5.74, 6) is 0.775. The molecule has 0 aromatic heterocycles. The molecule has 1 aliphatic rings. The topological polar surface area (TPSA) is 38.3 Å². The number of benzene rings is 1. The number of hydrogen-bond acceptors (Lipinski definition) is 2. The van der Waals surface area contributed by atoms with Crippen molar-refractivity contribution in [1.29, 1.82) is 0 Å². The fourth-order valence-electron chi connectivity index (χ4n) is 2.26. The summed E-state index contributed by atoms with van der Waals surface area (Å²) < 4.78 is 5.31. The molecule has 0 spiro atoms. The van der Waals surface area contributed by atoms with Gasteiger partial charge in [0.05, 0.1) is 0 Å². The highest BCUT2D eigenvalue weighted by Gasteiger charge is 2.14. The molecule has 0 saturated carbocycles. The van der Waals surface area contributed by atoms with E-state index in [0.717, 1.165) is 43.1 Å². The largest absolute Gasteiger partial charge is 0.381 e. The predicted molar refractivity (Wildman–Crippen MR) is 76.1 cm³/mol. The van der Waals surface area contributed by atoms with Crippen LogP contribution in [0.4, 0.5) is 0 Å². The summed E-state index contributed by atoms with van der Waals surface area (Å²) in [5.41, 5.74) is 1.07. The summed E-state index contributed by atoms with van der Waals surface area (Å²) in [6.45, 7) is 2.26. The van der Waals surface area contributed by atoms with E-state index < -0.39 is 0 Å². The van der Waals surface area contributed by atoms with Crippen LogP contribution >= 0.6 is 11.6 Å². The van der Waals surface area contributed by atoms with Crippen LogP contribution < -0.4 is 5.32 Å². The third-order valence-corrected chi connectivity index (χ3v) is 3.78. The van der Waals surface area contributed by atoms with Crippen molar-refractivity contribution < 1.29 is 9.53 Å². The molecule has 4 heteroatoms. The van der Waals surface area contributed by atoms with Crippen molar-refractivity contribution >= 4 is 17.5 Å². The van der Waals surface area contributed by atoms with Crippen LogP contribution in [0.1, 0.15) is 31.2 Å². The predicted octanol–water partition coefficient (Wildman–Crippen LogP) is 3.16. The lowest BCUT2D eigenvalue weighted by molar-refractivity contribution is -0.121. The first-order valence-electron chi connectivity index (χ1n) is 6.83. The lowest BCUT2D eigenvalue weighted by atomic mass is 9.95. The second kappa shape index (κ2) is 7.51. The van der Waals surface area contributed by atoms with E-state index in [9.17, 15) is 4.79 Å². The lowest BCUT2D eigenvalue weighted by Gasteiger charge is -2.21. The lowest BCUT2D eigenvalue weighted by Crippen LogP contribution is -2.24. The first kappa shape index (κ1) is 14.4. The molecule has 1 aliphatic heterocycles. The van der Waals surface area contributed by atoms with Crippen molar-refractivity contribution in [2.45, 2.75) is 32.2 Å². The second-order valence-corrected chi connectivity index (χ2v) is 5.43. The zero-order valence-electron chi connectivity index (χ0n) is 11.0. The van der Waals surface area contributed by atoms with Crippen molar-refractivity contribution in [2.24, 2.45) is 5.92 Å². The maximum atomic E-state index is 11.8. The highest BCUT2D eigenvalue weighted by atomic mass is 35.5. The minimum absolute atomic E-state index is 0.126.